The molecule has 0 unspecified atom stereocenters. The van der Waals surface area contributed by atoms with Crippen molar-refractivity contribution < 1.29 is 0 Å². The van der Waals surface area contributed by atoms with Crippen LogP contribution in [0.2, 0.25) is 0 Å². The molecule has 2 nitrogen and oxygen atoms in total. The Bertz CT molecular complexity index is 427. The largest absolute Gasteiger partial charge is 0.370 e. The molecule has 1 aliphatic rings. The zero-order valence-corrected chi connectivity index (χ0v) is 14.5. The van der Waals surface area contributed by atoms with Gasteiger partial charge in [-0.1, -0.05) is 26.8 Å². The SMILES string of the molecule is CCCN(CC1CC1)c1ccc(CNC(C)C)cc1Br. The summed E-state index contributed by atoms with van der Waals surface area (Å²) in [4.78, 5) is 2.54. The molecule has 1 N–H and O–H groups in total. The standard InChI is InChI=1S/C17H27BrN2/c1-4-9-20(12-14-5-6-14)17-8-7-15(10-16(17)18)11-19-13(2)3/h7-8,10,13-14,19H,4-6,9,11-12H2,1-3H3. The molecule has 2 rings (SSSR count). The fourth-order valence-electron chi connectivity index (χ4n) is 2.43. The molecular weight excluding hydrogens is 312 g/mol. The summed E-state index contributed by atoms with van der Waals surface area (Å²) in [5.74, 6) is 0.927. The second-order valence-electron chi connectivity index (χ2n) is 6.21. The van der Waals surface area contributed by atoms with Gasteiger partial charge in [-0.2, -0.15) is 0 Å². The zero-order valence-electron chi connectivity index (χ0n) is 13.0. The highest BCUT2D eigenvalue weighted by Gasteiger charge is 2.24. The predicted octanol–water partition coefficient (Wildman–Crippen LogP) is 4.57. The maximum atomic E-state index is 3.77. The van der Waals surface area contributed by atoms with Crippen molar-refractivity contribution in [3.63, 3.8) is 0 Å². The molecule has 0 amide bonds. The highest BCUT2D eigenvalue weighted by Crippen LogP contribution is 2.34. The summed E-state index contributed by atoms with van der Waals surface area (Å²) in [5.41, 5.74) is 2.70. The van der Waals surface area contributed by atoms with Crippen molar-refractivity contribution in [2.45, 2.75) is 52.6 Å². The van der Waals surface area contributed by atoms with Crippen LogP contribution in [-0.4, -0.2) is 19.1 Å². The van der Waals surface area contributed by atoms with Crippen LogP contribution in [0.4, 0.5) is 5.69 Å². The number of benzene rings is 1. The van der Waals surface area contributed by atoms with E-state index < -0.39 is 0 Å². The van der Waals surface area contributed by atoms with Gasteiger partial charge in [0.25, 0.3) is 0 Å². The molecule has 0 bridgehead atoms. The lowest BCUT2D eigenvalue weighted by molar-refractivity contribution is 0.588. The number of hydrogen-bond donors (Lipinski definition) is 1. The van der Waals surface area contributed by atoms with Gasteiger partial charge >= 0.3 is 0 Å². The average Bonchev–Trinajstić information content (AvgIpc) is 3.20. The van der Waals surface area contributed by atoms with Crippen LogP contribution in [0.3, 0.4) is 0 Å². The fourth-order valence-corrected chi connectivity index (χ4v) is 3.11. The van der Waals surface area contributed by atoms with Crippen molar-refractivity contribution in [3.05, 3.63) is 28.2 Å². The molecule has 0 spiro atoms. The molecular formula is C17H27BrN2. The minimum absolute atomic E-state index is 0.528. The smallest absolute Gasteiger partial charge is 0.0510 e. The van der Waals surface area contributed by atoms with Gasteiger partial charge in [-0.3, -0.25) is 0 Å². The summed E-state index contributed by atoms with van der Waals surface area (Å²) in [6.07, 6.45) is 4.03. The second kappa shape index (κ2) is 7.46. The maximum absolute atomic E-state index is 3.77. The first-order valence-electron chi connectivity index (χ1n) is 7.87. The number of nitrogens with one attached hydrogen (secondary N) is 1. The van der Waals surface area contributed by atoms with E-state index >= 15 is 0 Å². The van der Waals surface area contributed by atoms with E-state index in [9.17, 15) is 0 Å². The molecule has 1 saturated carbocycles. The third-order valence-electron chi connectivity index (χ3n) is 3.74. The Balaban J connectivity index is 2.05. The first-order valence-corrected chi connectivity index (χ1v) is 8.66. The quantitative estimate of drug-likeness (QED) is 0.746. The van der Waals surface area contributed by atoms with Gasteiger partial charge in [0.05, 0.1) is 5.69 Å². The molecule has 1 aliphatic carbocycles. The molecule has 0 heterocycles. The monoisotopic (exact) mass is 338 g/mol. The Morgan fingerprint density at radius 2 is 2.10 bits per heavy atom. The van der Waals surface area contributed by atoms with Crippen LogP contribution in [0.15, 0.2) is 22.7 Å². The van der Waals surface area contributed by atoms with Crippen LogP contribution in [0.5, 0.6) is 0 Å². The Labute approximate surface area is 132 Å². The molecule has 20 heavy (non-hydrogen) atoms. The van der Waals surface area contributed by atoms with Crippen LogP contribution >= 0.6 is 15.9 Å². The minimum Gasteiger partial charge on any atom is -0.370 e. The number of halogens is 1. The normalized spacial score (nSPS) is 14.8. The maximum Gasteiger partial charge on any atom is 0.0510 e. The lowest BCUT2D eigenvalue weighted by Crippen LogP contribution is -2.27. The Kier molecular flexibility index (Phi) is 5.91. The van der Waals surface area contributed by atoms with E-state index in [4.69, 9.17) is 0 Å². The van der Waals surface area contributed by atoms with Crippen molar-refractivity contribution in [2.75, 3.05) is 18.0 Å². The van der Waals surface area contributed by atoms with Crippen molar-refractivity contribution in [1.29, 1.82) is 0 Å². The lowest BCUT2D eigenvalue weighted by Gasteiger charge is -2.26. The third-order valence-corrected chi connectivity index (χ3v) is 4.37. The zero-order chi connectivity index (χ0) is 14.5. The summed E-state index contributed by atoms with van der Waals surface area (Å²) < 4.78 is 1.23. The molecule has 0 saturated heterocycles. The lowest BCUT2D eigenvalue weighted by atomic mass is 10.1. The van der Waals surface area contributed by atoms with E-state index in [1.54, 1.807) is 0 Å². The Hall–Kier alpha value is -0.540. The highest BCUT2D eigenvalue weighted by molar-refractivity contribution is 9.10. The van der Waals surface area contributed by atoms with Crippen LogP contribution in [-0.2, 0) is 6.54 Å². The van der Waals surface area contributed by atoms with Gasteiger partial charge in [-0.15, -0.1) is 0 Å². The van der Waals surface area contributed by atoms with E-state index in [1.807, 2.05) is 0 Å². The molecule has 0 radical (unpaired) electrons. The van der Waals surface area contributed by atoms with Gasteiger partial charge in [-0.25, -0.2) is 0 Å². The van der Waals surface area contributed by atoms with Gasteiger partial charge in [-0.05, 0) is 58.8 Å². The number of rotatable bonds is 8. The minimum atomic E-state index is 0.528. The molecule has 0 aromatic heterocycles. The summed E-state index contributed by atoms with van der Waals surface area (Å²) in [6.45, 7) is 9.93. The molecule has 0 atom stereocenters. The predicted molar refractivity (Wildman–Crippen MR) is 91.3 cm³/mol. The van der Waals surface area contributed by atoms with E-state index in [1.165, 1.54) is 41.5 Å². The van der Waals surface area contributed by atoms with Crippen molar-refractivity contribution in [1.82, 2.24) is 5.32 Å². The average molecular weight is 339 g/mol. The first kappa shape index (κ1) is 15.8. The van der Waals surface area contributed by atoms with Crippen LogP contribution in [0, 0.1) is 5.92 Å². The fraction of sp³-hybridized carbons (Fsp3) is 0.647. The summed E-state index contributed by atoms with van der Waals surface area (Å²) in [7, 11) is 0. The third kappa shape index (κ3) is 4.78. The molecule has 1 aromatic rings. The summed E-state index contributed by atoms with van der Waals surface area (Å²) >= 11 is 3.77. The van der Waals surface area contributed by atoms with E-state index in [2.05, 4.69) is 65.1 Å². The van der Waals surface area contributed by atoms with E-state index in [0.717, 1.165) is 19.0 Å². The van der Waals surface area contributed by atoms with E-state index in [0.29, 0.717) is 6.04 Å². The van der Waals surface area contributed by atoms with Gasteiger partial charge in [0.2, 0.25) is 0 Å². The number of anilines is 1. The van der Waals surface area contributed by atoms with E-state index in [-0.39, 0.29) is 0 Å². The van der Waals surface area contributed by atoms with Crippen LogP contribution < -0.4 is 10.2 Å². The van der Waals surface area contributed by atoms with Crippen molar-refractivity contribution in [3.8, 4) is 0 Å². The van der Waals surface area contributed by atoms with Gasteiger partial charge < -0.3 is 10.2 Å². The topological polar surface area (TPSA) is 15.3 Å². The van der Waals surface area contributed by atoms with Gasteiger partial charge in [0, 0.05) is 30.1 Å². The molecule has 3 heteroatoms. The first-order chi connectivity index (χ1) is 9.60. The summed E-state index contributed by atoms with van der Waals surface area (Å²) in [5, 5.41) is 3.47. The van der Waals surface area contributed by atoms with Crippen molar-refractivity contribution >= 4 is 21.6 Å². The van der Waals surface area contributed by atoms with Gasteiger partial charge in [0.1, 0.15) is 0 Å². The molecule has 0 aliphatic heterocycles. The van der Waals surface area contributed by atoms with Crippen LogP contribution in [0.25, 0.3) is 0 Å². The molecule has 1 aromatic carbocycles. The number of hydrogen-bond acceptors (Lipinski definition) is 2. The van der Waals surface area contributed by atoms with Crippen molar-refractivity contribution in [2.24, 2.45) is 5.92 Å². The Morgan fingerprint density at radius 3 is 2.65 bits per heavy atom. The highest BCUT2D eigenvalue weighted by atomic mass is 79.9. The Morgan fingerprint density at radius 1 is 1.35 bits per heavy atom. The summed E-state index contributed by atoms with van der Waals surface area (Å²) in [6, 6.07) is 7.32. The second-order valence-corrected chi connectivity index (χ2v) is 7.07. The number of nitrogens with zero attached hydrogens (tertiary/aromatic N) is 1. The molecule has 1 fully saturated rings. The van der Waals surface area contributed by atoms with Gasteiger partial charge in [0.15, 0.2) is 0 Å². The molecule has 112 valence electrons. The van der Waals surface area contributed by atoms with Crippen LogP contribution in [0.1, 0.15) is 45.6 Å².